The van der Waals surface area contributed by atoms with Crippen molar-refractivity contribution in [3.05, 3.63) is 40.4 Å². The summed E-state index contributed by atoms with van der Waals surface area (Å²) in [6.07, 6.45) is 0.664. The highest BCUT2D eigenvalue weighted by atomic mass is 16.5. The molecule has 0 N–H and O–H groups in total. The highest BCUT2D eigenvalue weighted by molar-refractivity contribution is 5.82. The van der Waals surface area contributed by atoms with E-state index in [0.717, 1.165) is 0 Å². The summed E-state index contributed by atoms with van der Waals surface area (Å²) in [7, 11) is 1.58. The van der Waals surface area contributed by atoms with Gasteiger partial charge in [0.1, 0.15) is 5.82 Å². The maximum atomic E-state index is 13.1. The number of hydrogen-bond acceptors (Lipinski definition) is 6. The quantitative estimate of drug-likeness (QED) is 0.522. The molecule has 0 saturated heterocycles. The van der Waals surface area contributed by atoms with Gasteiger partial charge in [-0.3, -0.25) is 19.0 Å². The van der Waals surface area contributed by atoms with Crippen LogP contribution in [0.15, 0.2) is 29.1 Å². The monoisotopic (exact) mass is 417 g/mol. The average Bonchev–Trinajstić information content (AvgIpc) is 2.75. The normalized spacial score (nSPS) is 12.0. The van der Waals surface area contributed by atoms with Crippen molar-refractivity contribution in [1.29, 1.82) is 0 Å². The van der Waals surface area contributed by atoms with Crippen molar-refractivity contribution < 1.29 is 19.1 Å². The van der Waals surface area contributed by atoms with Gasteiger partial charge in [0.25, 0.3) is 5.56 Å². The van der Waals surface area contributed by atoms with E-state index in [-0.39, 0.29) is 37.0 Å². The van der Waals surface area contributed by atoms with Gasteiger partial charge in [0, 0.05) is 20.1 Å². The number of para-hydroxylation sites is 1. The molecule has 8 nitrogen and oxygen atoms in total. The van der Waals surface area contributed by atoms with Crippen molar-refractivity contribution in [2.24, 2.45) is 0 Å². The second-order valence-electron chi connectivity index (χ2n) is 6.85. The fraction of sp³-hybridized carbons (Fsp3) is 0.545. The number of rotatable bonds is 11. The molecule has 164 valence electrons. The molecule has 0 aliphatic carbocycles. The minimum atomic E-state index is -0.393. The summed E-state index contributed by atoms with van der Waals surface area (Å²) >= 11 is 0. The van der Waals surface area contributed by atoms with E-state index in [1.54, 1.807) is 41.7 Å². The number of amides is 1. The van der Waals surface area contributed by atoms with Crippen LogP contribution < -0.4 is 5.56 Å². The van der Waals surface area contributed by atoms with E-state index in [0.29, 0.717) is 42.8 Å². The van der Waals surface area contributed by atoms with Crippen molar-refractivity contribution in [2.75, 3.05) is 26.9 Å². The summed E-state index contributed by atoms with van der Waals surface area (Å²) < 4.78 is 11.7. The number of carbonyl (C=O) groups excluding carboxylic acids is 2. The Morgan fingerprint density at radius 3 is 2.53 bits per heavy atom. The van der Waals surface area contributed by atoms with Crippen LogP contribution in [-0.2, 0) is 25.6 Å². The number of esters is 1. The number of nitrogens with zero attached hydrogens (tertiary/aromatic N) is 3. The van der Waals surface area contributed by atoms with Crippen molar-refractivity contribution in [3.8, 4) is 0 Å². The van der Waals surface area contributed by atoms with E-state index in [1.165, 1.54) is 0 Å². The molecule has 1 aromatic heterocycles. The lowest BCUT2D eigenvalue weighted by Crippen LogP contribution is -2.39. The molecule has 0 spiro atoms. The standard InChI is InChI=1S/C22H31N3O5/c1-5-18(24(6-2)19(26)12-13-20(27)30-7-3)21-23-17-11-9-8-10-16(17)22(28)25(21)14-15-29-4/h8-11,18H,5-7,12-15H2,1-4H3. The van der Waals surface area contributed by atoms with E-state index in [1.807, 2.05) is 19.9 Å². The number of benzene rings is 1. The molecule has 1 atom stereocenters. The second-order valence-corrected chi connectivity index (χ2v) is 6.85. The molecule has 2 rings (SSSR count). The van der Waals surface area contributed by atoms with Crippen molar-refractivity contribution >= 4 is 22.8 Å². The third-order valence-electron chi connectivity index (χ3n) is 4.98. The zero-order valence-electron chi connectivity index (χ0n) is 18.2. The molecular weight excluding hydrogens is 386 g/mol. The highest BCUT2D eigenvalue weighted by Crippen LogP contribution is 2.24. The third-order valence-corrected chi connectivity index (χ3v) is 4.98. The minimum Gasteiger partial charge on any atom is -0.466 e. The fourth-order valence-corrected chi connectivity index (χ4v) is 3.54. The molecule has 1 heterocycles. The number of hydrogen-bond donors (Lipinski definition) is 0. The average molecular weight is 418 g/mol. The van der Waals surface area contributed by atoms with Gasteiger partial charge in [-0.1, -0.05) is 19.1 Å². The molecule has 0 aliphatic heterocycles. The molecule has 1 unspecified atom stereocenters. The lowest BCUT2D eigenvalue weighted by Gasteiger charge is -2.31. The van der Waals surface area contributed by atoms with Crippen molar-refractivity contribution in [3.63, 3.8) is 0 Å². The number of ether oxygens (including phenoxy) is 2. The Kier molecular flexibility index (Phi) is 8.98. The van der Waals surface area contributed by atoms with Crippen LogP contribution in [0.1, 0.15) is 51.9 Å². The zero-order valence-corrected chi connectivity index (χ0v) is 18.2. The van der Waals surface area contributed by atoms with Crippen molar-refractivity contribution in [1.82, 2.24) is 14.5 Å². The summed E-state index contributed by atoms with van der Waals surface area (Å²) in [6.45, 7) is 6.98. The molecule has 1 aromatic carbocycles. The molecule has 0 saturated carbocycles. The van der Waals surface area contributed by atoms with Gasteiger partial charge >= 0.3 is 5.97 Å². The van der Waals surface area contributed by atoms with Gasteiger partial charge < -0.3 is 14.4 Å². The van der Waals surface area contributed by atoms with Crippen molar-refractivity contribution in [2.45, 2.75) is 52.6 Å². The topological polar surface area (TPSA) is 90.7 Å². The number of fused-ring (bicyclic) bond motifs is 1. The first-order chi connectivity index (χ1) is 14.5. The maximum absolute atomic E-state index is 13.1. The predicted molar refractivity (Wildman–Crippen MR) is 114 cm³/mol. The Morgan fingerprint density at radius 1 is 1.17 bits per heavy atom. The molecule has 0 fully saturated rings. The van der Waals surface area contributed by atoms with Crippen LogP contribution >= 0.6 is 0 Å². The summed E-state index contributed by atoms with van der Waals surface area (Å²) in [4.78, 5) is 44.2. The lowest BCUT2D eigenvalue weighted by molar-refractivity contribution is -0.146. The second kappa shape index (κ2) is 11.4. The van der Waals surface area contributed by atoms with Gasteiger partial charge in [-0.15, -0.1) is 0 Å². The van der Waals surface area contributed by atoms with Crippen LogP contribution in [0.5, 0.6) is 0 Å². The first-order valence-corrected chi connectivity index (χ1v) is 10.4. The number of methoxy groups -OCH3 is 1. The third kappa shape index (κ3) is 5.44. The Morgan fingerprint density at radius 2 is 1.90 bits per heavy atom. The summed E-state index contributed by atoms with van der Waals surface area (Å²) in [5.41, 5.74) is 0.445. The van der Waals surface area contributed by atoms with Crippen LogP contribution in [0.3, 0.4) is 0 Å². The maximum Gasteiger partial charge on any atom is 0.306 e. The SMILES string of the molecule is CCOC(=O)CCC(=O)N(CC)C(CC)c1nc2ccccc2c(=O)n1CCOC. The molecule has 2 aromatic rings. The molecule has 1 amide bonds. The van der Waals surface area contributed by atoms with Crippen LogP contribution in [0.25, 0.3) is 10.9 Å². The minimum absolute atomic E-state index is 0.0290. The Labute approximate surface area is 176 Å². The first kappa shape index (κ1) is 23.5. The van der Waals surface area contributed by atoms with Gasteiger partial charge in [-0.05, 0) is 32.4 Å². The van der Waals surface area contributed by atoms with Gasteiger partial charge in [-0.2, -0.15) is 0 Å². The van der Waals surface area contributed by atoms with Gasteiger partial charge in [0.05, 0.1) is 43.1 Å². The van der Waals surface area contributed by atoms with E-state index in [4.69, 9.17) is 14.5 Å². The summed E-state index contributed by atoms with van der Waals surface area (Å²) in [6, 6.07) is 6.80. The summed E-state index contributed by atoms with van der Waals surface area (Å²) in [5.74, 6) is -0.0292. The first-order valence-electron chi connectivity index (χ1n) is 10.4. The van der Waals surface area contributed by atoms with Gasteiger partial charge in [0.2, 0.25) is 5.91 Å². The molecule has 8 heteroatoms. The largest absolute Gasteiger partial charge is 0.466 e. The van der Waals surface area contributed by atoms with E-state index in [9.17, 15) is 14.4 Å². The van der Waals surface area contributed by atoms with Gasteiger partial charge in [0.15, 0.2) is 0 Å². The molecular formula is C22H31N3O5. The lowest BCUT2D eigenvalue weighted by atomic mass is 10.1. The van der Waals surface area contributed by atoms with E-state index in [2.05, 4.69) is 0 Å². The van der Waals surface area contributed by atoms with Crippen LogP contribution in [0, 0.1) is 0 Å². The van der Waals surface area contributed by atoms with Crippen LogP contribution in [0.4, 0.5) is 0 Å². The predicted octanol–water partition coefficient (Wildman–Crippen LogP) is 2.69. The molecule has 0 bridgehead atoms. The van der Waals surface area contributed by atoms with E-state index >= 15 is 0 Å². The Bertz CT molecular complexity index is 925. The van der Waals surface area contributed by atoms with Crippen LogP contribution in [-0.4, -0.2) is 53.2 Å². The smallest absolute Gasteiger partial charge is 0.306 e. The Balaban J connectivity index is 2.44. The summed E-state index contributed by atoms with van der Waals surface area (Å²) in [5, 5.41) is 0.531. The molecule has 30 heavy (non-hydrogen) atoms. The Hall–Kier alpha value is -2.74. The number of aromatic nitrogens is 2. The van der Waals surface area contributed by atoms with Gasteiger partial charge in [-0.25, -0.2) is 4.98 Å². The van der Waals surface area contributed by atoms with E-state index < -0.39 is 5.97 Å². The fourth-order valence-electron chi connectivity index (χ4n) is 3.54. The number of carbonyl (C=O) groups is 2. The molecule has 0 radical (unpaired) electrons. The highest BCUT2D eigenvalue weighted by Gasteiger charge is 2.27. The molecule has 0 aliphatic rings. The zero-order chi connectivity index (χ0) is 22.1. The van der Waals surface area contributed by atoms with Crippen LogP contribution in [0.2, 0.25) is 0 Å².